The Bertz CT molecular complexity index is 567. The molecule has 2 amide bonds. The van der Waals surface area contributed by atoms with E-state index in [4.69, 9.17) is 19.5 Å². The number of amides is 2. The number of anilines is 1. The van der Waals surface area contributed by atoms with E-state index >= 15 is 0 Å². The summed E-state index contributed by atoms with van der Waals surface area (Å²) in [6.45, 7) is 3.62. The minimum absolute atomic E-state index is 0.0889. The molecule has 122 valence electrons. The van der Waals surface area contributed by atoms with Gasteiger partial charge < -0.3 is 24.8 Å². The van der Waals surface area contributed by atoms with E-state index in [-0.39, 0.29) is 24.7 Å². The van der Waals surface area contributed by atoms with Crippen molar-refractivity contribution in [2.75, 3.05) is 24.7 Å². The Morgan fingerprint density at radius 3 is 2.32 bits per heavy atom. The maximum Gasteiger partial charge on any atom is 0.410 e. The molecule has 0 bridgehead atoms. The van der Waals surface area contributed by atoms with Gasteiger partial charge in [-0.3, -0.25) is 9.36 Å². The smallest absolute Gasteiger partial charge is 0.408 e. The minimum Gasteiger partial charge on any atom is -0.408 e. The number of benzene rings is 1. The van der Waals surface area contributed by atoms with Crippen molar-refractivity contribution in [1.82, 2.24) is 0 Å². The van der Waals surface area contributed by atoms with E-state index in [0.29, 0.717) is 0 Å². The molecule has 0 aliphatic heterocycles. The quantitative estimate of drug-likeness (QED) is 0.707. The van der Waals surface area contributed by atoms with Crippen LogP contribution in [0, 0.1) is 0 Å². The van der Waals surface area contributed by atoms with Gasteiger partial charge in [0.1, 0.15) is 6.16 Å². The van der Waals surface area contributed by atoms with Crippen LogP contribution in [0.3, 0.4) is 0 Å². The van der Waals surface area contributed by atoms with Gasteiger partial charge in [-0.1, -0.05) is 12.1 Å². The molecule has 1 aromatic rings. The number of rotatable bonds is 8. The summed E-state index contributed by atoms with van der Waals surface area (Å²) < 4.78 is 27.1. The first-order valence-electron chi connectivity index (χ1n) is 6.64. The highest BCUT2D eigenvalue weighted by Gasteiger charge is 2.28. The standard InChI is InChI=1S/C13H19N2O6P/c1-3-19-22(18,20-4-2)9-12(16)15-10-7-5-6-8-11(10)21-13(14)17/h5-8H,3-4,9H2,1-2H3,(H2,14,17)(H,15,16). The summed E-state index contributed by atoms with van der Waals surface area (Å²) in [5.74, 6) is -0.503. The summed E-state index contributed by atoms with van der Waals surface area (Å²) in [5.41, 5.74) is 5.17. The Labute approximate surface area is 128 Å². The lowest BCUT2D eigenvalue weighted by Gasteiger charge is -2.17. The molecule has 8 nitrogen and oxygen atoms in total. The predicted octanol–water partition coefficient (Wildman–Crippen LogP) is 2.35. The van der Waals surface area contributed by atoms with Gasteiger partial charge in [-0.2, -0.15) is 0 Å². The van der Waals surface area contributed by atoms with E-state index in [9.17, 15) is 14.2 Å². The Morgan fingerprint density at radius 1 is 1.18 bits per heavy atom. The van der Waals surface area contributed by atoms with Crippen LogP contribution in [0.15, 0.2) is 24.3 Å². The van der Waals surface area contributed by atoms with Crippen LogP contribution in [0.2, 0.25) is 0 Å². The fraction of sp³-hybridized carbons (Fsp3) is 0.385. The molecule has 9 heteroatoms. The largest absolute Gasteiger partial charge is 0.410 e. The van der Waals surface area contributed by atoms with E-state index in [1.54, 1.807) is 26.0 Å². The van der Waals surface area contributed by atoms with Gasteiger partial charge in [0.15, 0.2) is 5.75 Å². The van der Waals surface area contributed by atoms with Gasteiger partial charge in [0.05, 0.1) is 18.9 Å². The van der Waals surface area contributed by atoms with Gasteiger partial charge >= 0.3 is 13.7 Å². The summed E-state index contributed by atoms with van der Waals surface area (Å²) >= 11 is 0. The predicted molar refractivity (Wildman–Crippen MR) is 81.0 cm³/mol. The Hall–Kier alpha value is -1.89. The Balaban J connectivity index is 2.80. The van der Waals surface area contributed by atoms with E-state index in [2.05, 4.69) is 5.32 Å². The third-order valence-corrected chi connectivity index (χ3v) is 4.34. The van der Waals surface area contributed by atoms with Gasteiger partial charge in [0.2, 0.25) is 5.91 Å². The summed E-state index contributed by atoms with van der Waals surface area (Å²) in [6, 6.07) is 6.22. The number of para-hydroxylation sites is 2. The van der Waals surface area contributed by atoms with Crippen LogP contribution >= 0.6 is 7.60 Å². The normalized spacial score (nSPS) is 11.0. The molecule has 1 rings (SSSR count). The van der Waals surface area contributed by atoms with Gasteiger partial charge in [-0.25, -0.2) is 4.79 Å². The lowest BCUT2D eigenvalue weighted by Crippen LogP contribution is -2.21. The number of nitrogens with two attached hydrogens (primary N) is 1. The second-order valence-corrected chi connectivity index (χ2v) is 6.12. The summed E-state index contributed by atoms with van der Waals surface area (Å²) in [7, 11) is -3.50. The Morgan fingerprint density at radius 2 is 1.77 bits per heavy atom. The van der Waals surface area contributed by atoms with Crippen molar-refractivity contribution in [1.29, 1.82) is 0 Å². The summed E-state index contributed by atoms with van der Waals surface area (Å²) in [6.07, 6.45) is -1.45. The van der Waals surface area contributed by atoms with Crippen LogP contribution in [-0.4, -0.2) is 31.4 Å². The average Bonchev–Trinajstić information content (AvgIpc) is 2.40. The van der Waals surface area contributed by atoms with Crippen LogP contribution in [-0.2, 0) is 18.4 Å². The second-order valence-electron chi connectivity index (χ2n) is 4.07. The molecule has 1 aromatic carbocycles. The van der Waals surface area contributed by atoms with E-state index in [0.717, 1.165) is 0 Å². The fourth-order valence-corrected chi connectivity index (χ4v) is 3.13. The lowest BCUT2D eigenvalue weighted by molar-refractivity contribution is -0.114. The highest BCUT2D eigenvalue weighted by Crippen LogP contribution is 2.47. The maximum atomic E-state index is 12.3. The van der Waals surface area contributed by atoms with Gasteiger partial charge in [0.25, 0.3) is 0 Å². The molecule has 0 saturated heterocycles. The number of primary amides is 1. The zero-order valence-electron chi connectivity index (χ0n) is 12.4. The van der Waals surface area contributed by atoms with Crippen molar-refractivity contribution in [2.24, 2.45) is 5.73 Å². The molecular formula is C13H19N2O6P. The van der Waals surface area contributed by atoms with Crippen molar-refractivity contribution in [3.8, 4) is 5.75 Å². The first-order valence-corrected chi connectivity index (χ1v) is 8.37. The summed E-state index contributed by atoms with van der Waals surface area (Å²) in [4.78, 5) is 22.8. The van der Waals surface area contributed by atoms with Crippen LogP contribution in [0.25, 0.3) is 0 Å². The molecule has 0 aromatic heterocycles. The number of ether oxygens (including phenoxy) is 1. The zero-order chi connectivity index (χ0) is 16.6. The topological polar surface area (TPSA) is 117 Å². The van der Waals surface area contributed by atoms with Crippen molar-refractivity contribution in [3.05, 3.63) is 24.3 Å². The van der Waals surface area contributed by atoms with Crippen LogP contribution in [0.1, 0.15) is 13.8 Å². The number of carbonyl (C=O) groups excluding carboxylic acids is 2. The molecule has 0 saturated carbocycles. The first-order chi connectivity index (χ1) is 10.4. The molecule has 0 aliphatic rings. The van der Waals surface area contributed by atoms with Crippen molar-refractivity contribution < 1.29 is 27.9 Å². The molecule has 0 fully saturated rings. The maximum absolute atomic E-state index is 12.3. The van der Waals surface area contributed by atoms with E-state index < -0.39 is 25.8 Å². The van der Waals surface area contributed by atoms with Gasteiger partial charge in [0, 0.05) is 0 Å². The monoisotopic (exact) mass is 330 g/mol. The lowest BCUT2D eigenvalue weighted by atomic mass is 10.3. The minimum atomic E-state index is -3.50. The zero-order valence-corrected chi connectivity index (χ0v) is 13.3. The first kappa shape index (κ1) is 18.2. The van der Waals surface area contributed by atoms with Crippen molar-refractivity contribution >= 4 is 25.3 Å². The molecule has 0 atom stereocenters. The van der Waals surface area contributed by atoms with Crippen LogP contribution in [0.5, 0.6) is 5.75 Å². The highest BCUT2D eigenvalue weighted by atomic mass is 31.2. The molecule has 0 aliphatic carbocycles. The molecule has 0 radical (unpaired) electrons. The number of carbonyl (C=O) groups is 2. The second kappa shape index (κ2) is 8.53. The molecule has 0 unspecified atom stereocenters. The van der Waals surface area contributed by atoms with E-state index in [1.807, 2.05) is 0 Å². The summed E-state index contributed by atoms with van der Waals surface area (Å²) in [5, 5.41) is 2.48. The van der Waals surface area contributed by atoms with Crippen LogP contribution < -0.4 is 15.8 Å². The number of nitrogens with one attached hydrogen (secondary N) is 1. The molecule has 0 spiro atoms. The van der Waals surface area contributed by atoms with Crippen molar-refractivity contribution in [2.45, 2.75) is 13.8 Å². The van der Waals surface area contributed by atoms with Gasteiger partial charge in [-0.15, -0.1) is 0 Å². The van der Waals surface area contributed by atoms with Crippen LogP contribution in [0.4, 0.5) is 10.5 Å². The third kappa shape index (κ3) is 5.85. The molecular weight excluding hydrogens is 311 g/mol. The number of hydrogen-bond donors (Lipinski definition) is 2. The average molecular weight is 330 g/mol. The molecule has 0 heterocycles. The molecule has 3 N–H and O–H groups in total. The molecule has 22 heavy (non-hydrogen) atoms. The number of hydrogen-bond acceptors (Lipinski definition) is 6. The SMILES string of the molecule is CCOP(=O)(CC(=O)Nc1ccccc1OC(N)=O)OCC. The van der Waals surface area contributed by atoms with Crippen molar-refractivity contribution in [3.63, 3.8) is 0 Å². The van der Waals surface area contributed by atoms with E-state index in [1.165, 1.54) is 12.1 Å². The third-order valence-electron chi connectivity index (χ3n) is 2.36. The fourth-order valence-electron chi connectivity index (χ4n) is 1.65. The van der Waals surface area contributed by atoms with Gasteiger partial charge in [-0.05, 0) is 26.0 Å². The Kier molecular flexibility index (Phi) is 7.04. The highest BCUT2D eigenvalue weighted by molar-refractivity contribution is 7.54.